The van der Waals surface area contributed by atoms with Gasteiger partial charge in [-0.05, 0) is 29.7 Å². The number of amides is 2. The molecule has 0 aliphatic carbocycles. The normalized spacial score (nSPS) is 16.2. The first-order valence-corrected chi connectivity index (χ1v) is 13.8. The Balaban J connectivity index is 1.42. The molecule has 40 heavy (non-hydrogen) atoms. The third-order valence-electron chi connectivity index (χ3n) is 7.08. The van der Waals surface area contributed by atoms with Crippen LogP contribution < -0.4 is 25.0 Å². The maximum atomic E-state index is 13.2. The van der Waals surface area contributed by atoms with E-state index < -0.39 is 0 Å². The molecule has 11 heteroatoms. The minimum atomic E-state index is -0.389. The summed E-state index contributed by atoms with van der Waals surface area (Å²) < 4.78 is 22.8. The Kier molecular flexibility index (Phi) is 9.15. The highest BCUT2D eigenvalue weighted by Gasteiger charge is 2.20. The van der Waals surface area contributed by atoms with Crippen LogP contribution in [0, 0.1) is 0 Å². The number of anilines is 3. The van der Waals surface area contributed by atoms with Crippen molar-refractivity contribution in [3.8, 4) is 11.5 Å². The Morgan fingerprint density at radius 3 is 2.45 bits per heavy atom. The zero-order valence-corrected chi connectivity index (χ0v) is 23.4. The maximum Gasteiger partial charge on any atom is 0.324 e. The number of urea groups is 1. The van der Waals surface area contributed by atoms with Crippen LogP contribution in [0.2, 0.25) is 0 Å². The standard InChI is InChI=1S/C29H38N6O5/c1-20(2)21-5-4-6-22(17-21)30-29(36)33-27-23-18-26(40-16-9-34-7-12-38-13-8-34)25(37-3)19-24(23)31-28(32-27)35-10-14-39-15-11-35/h4-6,17-20H,7-16H2,1-3H3,(H2,30,31,32,33,36). The maximum absolute atomic E-state index is 13.2. The van der Waals surface area contributed by atoms with E-state index >= 15 is 0 Å². The molecule has 1 aromatic heterocycles. The van der Waals surface area contributed by atoms with E-state index in [0.29, 0.717) is 78.7 Å². The van der Waals surface area contributed by atoms with Crippen molar-refractivity contribution >= 4 is 34.4 Å². The summed E-state index contributed by atoms with van der Waals surface area (Å²) in [6.07, 6.45) is 0. The van der Waals surface area contributed by atoms with Crippen LogP contribution in [-0.2, 0) is 9.47 Å². The predicted octanol–water partition coefficient (Wildman–Crippen LogP) is 3.95. The molecule has 0 saturated carbocycles. The number of hydrogen-bond donors (Lipinski definition) is 2. The molecule has 2 amide bonds. The number of nitrogens with one attached hydrogen (secondary N) is 2. The quantitative estimate of drug-likeness (QED) is 0.409. The topological polar surface area (TPSA) is 110 Å². The average molecular weight is 551 g/mol. The molecule has 3 aromatic rings. The highest BCUT2D eigenvalue weighted by atomic mass is 16.5. The minimum Gasteiger partial charge on any atom is -0.493 e. The van der Waals surface area contributed by atoms with Gasteiger partial charge in [-0.15, -0.1) is 0 Å². The van der Waals surface area contributed by atoms with Gasteiger partial charge in [0.25, 0.3) is 0 Å². The Hall–Kier alpha value is -3.67. The molecular formula is C29H38N6O5. The summed E-state index contributed by atoms with van der Waals surface area (Å²) in [4.78, 5) is 27.1. The van der Waals surface area contributed by atoms with Gasteiger partial charge in [0.05, 0.1) is 39.1 Å². The molecule has 214 valence electrons. The van der Waals surface area contributed by atoms with E-state index in [2.05, 4.69) is 34.3 Å². The fourth-order valence-electron chi connectivity index (χ4n) is 4.75. The van der Waals surface area contributed by atoms with Crippen LogP contribution in [0.5, 0.6) is 11.5 Å². The molecule has 11 nitrogen and oxygen atoms in total. The number of hydrogen-bond acceptors (Lipinski definition) is 9. The first-order chi connectivity index (χ1) is 19.5. The molecular weight excluding hydrogens is 512 g/mol. The average Bonchev–Trinajstić information content (AvgIpc) is 2.98. The van der Waals surface area contributed by atoms with Gasteiger partial charge in [0.1, 0.15) is 12.4 Å². The molecule has 0 atom stereocenters. The number of aromatic nitrogens is 2. The van der Waals surface area contributed by atoms with Crippen LogP contribution in [0.1, 0.15) is 25.3 Å². The third kappa shape index (κ3) is 6.90. The van der Waals surface area contributed by atoms with Crippen molar-refractivity contribution in [3.05, 3.63) is 42.0 Å². The van der Waals surface area contributed by atoms with E-state index in [-0.39, 0.29) is 6.03 Å². The van der Waals surface area contributed by atoms with E-state index in [0.717, 1.165) is 38.4 Å². The van der Waals surface area contributed by atoms with E-state index in [9.17, 15) is 4.79 Å². The lowest BCUT2D eigenvalue weighted by atomic mass is 10.0. The molecule has 0 radical (unpaired) electrons. The van der Waals surface area contributed by atoms with Crippen LogP contribution in [0.3, 0.4) is 0 Å². The lowest BCUT2D eigenvalue weighted by molar-refractivity contribution is 0.0321. The lowest BCUT2D eigenvalue weighted by Gasteiger charge is -2.27. The summed E-state index contributed by atoms with van der Waals surface area (Å²) in [5.74, 6) is 2.41. The molecule has 2 saturated heterocycles. The van der Waals surface area contributed by atoms with Gasteiger partial charge < -0.3 is 29.2 Å². The van der Waals surface area contributed by atoms with Crippen molar-refractivity contribution in [1.29, 1.82) is 0 Å². The van der Waals surface area contributed by atoms with E-state index in [1.807, 2.05) is 36.4 Å². The molecule has 3 heterocycles. The van der Waals surface area contributed by atoms with Gasteiger partial charge in [0.2, 0.25) is 5.95 Å². The second-order valence-electron chi connectivity index (χ2n) is 10.2. The Morgan fingerprint density at radius 1 is 0.975 bits per heavy atom. The SMILES string of the molecule is COc1cc2nc(N3CCOCC3)nc(NC(=O)Nc3cccc(C(C)C)c3)c2cc1OCCN1CCOCC1. The number of carbonyl (C=O) groups is 1. The van der Waals surface area contributed by atoms with Crippen LogP contribution >= 0.6 is 0 Å². The number of methoxy groups -OCH3 is 1. The Labute approximate surface area is 234 Å². The first kappa shape index (κ1) is 27.9. The second-order valence-corrected chi connectivity index (χ2v) is 10.2. The highest BCUT2D eigenvalue weighted by Crippen LogP contribution is 2.35. The summed E-state index contributed by atoms with van der Waals surface area (Å²) in [5.41, 5.74) is 2.50. The first-order valence-electron chi connectivity index (χ1n) is 13.8. The Bertz CT molecular complexity index is 1310. The minimum absolute atomic E-state index is 0.350. The van der Waals surface area contributed by atoms with Gasteiger partial charge in [0.15, 0.2) is 11.5 Å². The predicted molar refractivity (Wildman–Crippen MR) is 155 cm³/mol. The van der Waals surface area contributed by atoms with Crippen LogP contribution in [0.4, 0.5) is 22.2 Å². The summed E-state index contributed by atoms with van der Waals surface area (Å²) in [5, 5.41) is 6.56. The number of benzene rings is 2. The van der Waals surface area contributed by atoms with Gasteiger partial charge in [0, 0.05) is 49.9 Å². The highest BCUT2D eigenvalue weighted by molar-refractivity contribution is 6.05. The van der Waals surface area contributed by atoms with Crippen molar-refractivity contribution in [2.45, 2.75) is 19.8 Å². The van der Waals surface area contributed by atoms with Crippen molar-refractivity contribution in [1.82, 2.24) is 14.9 Å². The number of nitrogens with zero attached hydrogens (tertiary/aromatic N) is 4. The molecule has 2 aromatic carbocycles. The van der Waals surface area contributed by atoms with Crippen molar-refractivity contribution in [2.75, 3.05) is 88.4 Å². The van der Waals surface area contributed by atoms with Crippen molar-refractivity contribution in [3.63, 3.8) is 0 Å². The van der Waals surface area contributed by atoms with Crippen LogP contribution in [-0.4, -0.2) is 93.8 Å². The van der Waals surface area contributed by atoms with Crippen molar-refractivity contribution < 1.29 is 23.7 Å². The van der Waals surface area contributed by atoms with E-state index in [1.165, 1.54) is 0 Å². The molecule has 2 aliphatic heterocycles. The third-order valence-corrected chi connectivity index (χ3v) is 7.08. The van der Waals surface area contributed by atoms with Gasteiger partial charge in [-0.2, -0.15) is 4.98 Å². The van der Waals surface area contributed by atoms with E-state index in [4.69, 9.17) is 28.9 Å². The molecule has 0 unspecified atom stereocenters. The van der Waals surface area contributed by atoms with Crippen LogP contribution in [0.25, 0.3) is 10.9 Å². The number of morpholine rings is 2. The number of rotatable bonds is 9. The largest absolute Gasteiger partial charge is 0.493 e. The summed E-state index contributed by atoms with van der Waals surface area (Å²) in [6, 6.07) is 11.1. The van der Waals surface area contributed by atoms with Gasteiger partial charge in [-0.25, -0.2) is 9.78 Å². The van der Waals surface area contributed by atoms with Gasteiger partial charge in [-0.1, -0.05) is 26.0 Å². The monoisotopic (exact) mass is 550 g/mol. The van der Waals surface area contributed by atoms with Gasteiger partial charge >= 0.3 is 6.03 Å². The second kappa shape index (κ2) is 13.1. The van der Waals surface area contributed by atoms with E-state index in [1.54, 1.807) is 7.11 Å². The van der Waals surface area contributed by atoms with Crippen LogP contribution in [0.15, 0.2) is 36.4 Å². The lowest BCUT2D eigenvalue weighted by Crippen LogP contribution is -2.38. The zero-order valence-electron chi connectivity index (χ0n) is 23.4. The smallest absolute Gasteiger partial charge is 0.324 e. The molecule has 2 N–H and O–H groups in total. The van der Waals surface area contributed by atoms with Crippen molar-refractivity contribution in [2.24, 2.45) is 0 Å². The molecule has 0 spiro atoms. The molecule has 0 bridgehead atoms. The summed E-state index contributed by atoms with van der Waals surface area (Å²) >= 11 is 0. The zero-order chi connectivity index (χ0) is 27.9. The molecule has 2 fully saturated rings. The molecule has 2 aliphatic rings. The fourth-order valence-corrected chi connectivity index (χ4v) is 4.75. The Morgan fingerprint density at radius 2 is 1.73 bits per heavy atom. The molecule has 5 rings (SSSR count). The summed E-state index contributed by atoms with van der Waals surface area (Å²) in [6.45, 7) is 11.3. The number of carbonyl (C=O) groups excluding carboxylic acids is 1. The number of fused-ring (bicyclic) bond motifs is 1. The number of ether oxygens (including phenoxy) is 4. The fraction of sp³-hybridized carbons (Fsp3) is 0.483. The van der Waals surface area contributed by atoms with Gasteiger partial charge in [-0.3, -0.25) is 10.2 Å². The summed E-state index contributed by atoms with van der Waals surface area (Å²) in [7, 11) is 1.61.